The maximum absolute atomic E-state index is 13.6. The van der Waals surface area contributed by atoms with Crippen molar-refractivity contribution in [1.82, 2.24) is 9.80 Å². The third-order valence-electron chi connectivity index (χ3n) is 6.27. The Morgan fingerprint density at radius 2 is 1.89 bits per heavy atom. The number of benzene rings is 2. The van der Waals surface area contributed by atoms with Gasteiger partial charge in [0.25, 0.3) is 5.91 Å². The summed E-state index contributed by atoms with van der Waals surface area (Å²) in [5, 5.41) is 2.07. The van der Waals surface area contributed by atoms with Crippen LogP contribution < -0.4 is 9.47 Å². The first kappa shape index (κ1) is 24.8. The molecule has 1 atom stereocenters. The second kappa shape index (κ2) is 11.4. The van der Waals surface area contributed by atoms with Crippen LogP contribution in [0.2, 0.25) is 0 Å². The zero-order chi connectivity index (χ0) is 24.8. The van der Waals surface area contributed by atoms with E-state index in [0.717, 1.165) is 29.7 Å². The predicted octanol–water partition coefficient (Wildman–Crippen LogP) is 5.12. The van der Waals surface area contributed by atoms with Crippen molar-refractivity contribution < 1.29 is 19.1 Å². The van der Waals surface area contributed by atoms with Crippen molar-refractivity contribution in [3.05, 3.63) is 81.5 Å². The molecule has 1 aliphatic rings. The number of hydrogen-bond donors (Lipinski definition) is 0. The van der Waals surface area contributed by atoms with Crippen LogP contribution in [-0.2, 0) is 11.2 Å². The molecule has 2 aromatic carbocycles. The number of hydrogen-bond acceptors (Lipinski definition) is 5. The highest BCUT2D eigenvalue weighted by molar-refractivity contribution is 7.10. The predicted molar refractivity (Wildman–Crippen MR) is 138 cm³/mol. The molecule has 0 saturated heterocycles. The van der Waals surface area contributed by atoms with E-state index < -0.39 is 0 Å². The number of amides is 2. The van der Waals surface area contributed by atoms with Crippen LogP contribution in [0.5, 0.6) is 11.5 Å². The van der Waals surface area contributed by atoms with E-state index in [2.05, 4.69) is 11.4 Å². The number of carbonyl (C=O) groups is 2. The van der Waals surface area contributed by atoms with Gasteiger partial charge in [-0.15, -0.1) is 11.3 Å². The standard InChI is InChI=1S/C28H32N2O4S/c1-4-14-29(28(32)21-10-8-20(2)9-11-21)18-27(31)30-15-12-26-24(13-16-35-26)25(30)19-34-23-7-5-6-22(17-23)33-3/h5-11,13,16-17,25H,4,12,14-15,18-19H2,1-3H3/t25-/m1/s1. The van der Waals surface area contributed by atoms with E-state index in [1.165, 1.54) is 4.88 Å². The van der Waals surface area contributed by atoms with Gasteiger partial charge in [0.1, 0.15) is 24.7 Å². The molecule has 0 N–H and O–H groups in total. The van der Waals surface area contributed by atoms with Crippen LogP contribution in [0.1, 0.15) is 45.7 Å². The molecular weight excluding hydrogens is 460 g/mol. The van der Waals surface area contributed by atoms with Gasteiger partial charge in [-0.1, -0.05) is 30.7 Å². The molecule has 0 spiro atoms. The van der Waals surface area contributed by atoms with Crippen molar-refractivity contribution in [2.75, 3.05) is 33.4 Å². The Bertz CT molecular complexity index is 1160. The van der Waals surface area contributed by atoms with E-state index in [9.17, 15) is 9.59 Å². The van der Waals surface area contributed by atoms with Crippen LogP contribution >= 0.6 is 11.3 Å². The Labute approximate surface area is 211 Å². The summed E-state index contributed by atoms with van der Waals surface area (Å²) in [6.07, 6.45) is 1.59. The van der Waals surface area contributed by atoms with Crippen LogP contribution in [0.4, 0.5) is 0 Å². The highest BCUT2D eigenvalue weighted by Crippen LogP contribution is 2.34. The number of methoxy groups -OCH3 is 1. The first-order chi connectivity index (χ1) is 17.0. The summed E-state index contributed by atoms with van der Waals surface area (Å²) in [5.74, 6) is 1.24. The van der Waals surface area contributed by atoms with Crippen LogP contribution in [0.3, 0.4) is 0 Å². The van der Waals surface area contributed by atoms with Crippen molar-refractivity contribution in [3.63, 3.8) is 0 Å². The summed E-state index contributed by atoms with van der Waals surface area (Å²) in [6.45, 7) is 5.53. The lowest BCUT2D eigenvalue weighted by Gasteiger charge is -2.37. The normalized spacial score (nSPS) is 14.8. The van der Waals surface area contributed by atoms with E-state index in [1.54, 1.807) is 23.3 Å². The molecular formula is C28H32N2O4S. The lowest BCUT2D eigenvalue weighted by Crippen LogP contribution is -2.48. The summed E-state index contributed by atoms with van der Waals surface area (Å²) in [6, 6.07) is 16.9. The number of thiophene rings is 1. The van der Waals surface area contributed by atoms with Crippen molar-refractivity contribution in [1.29, 1.82) is 0 Å². The molecule has 3 aromatic rings. The highest BCUT2D eigenvalue weighted by atomic mass is 32.1. The molecule has 1 aliphatic heterocycles. The summed E-state index contributed by atoms with van der Waals surface area (Å²) in [7, 11) is 1.62. The fourth-order valence-electron chi connectivity index (χ4n) is 4.40. The molecule has 6 nitrogen and oxygen atoms in total. The Morgan fingerprint density at radius 3 is 2.63 bits per heavy atom. The smallest absolute Gasteiger partial charge is 0.254 e. The minimum absolute atomic E-state index is 0.0513. The van der Waals surface area contributed by atoms with Gasteiger partial charge in [-0.3, -0.25) is 9.59 Å². The van der Waals surface area contributed by atoms with E-state index in [0.29, 0.717) is 31.0 Å². The Balaban J connectivity index is 1.51. The van der Waals surface area contributed by atoms with E-state index in [-0.39, 0.29) is 24.4 Å². The first-order valence-electron chi connectivity index (χ1n) is 12.0. The quantitative estimate of drug-likeness (QED) is 0.416. The van der Waals surface area contributed by atoms with Crippen molar-refractivity contribution in [3.8, 4) is 11.5 Å². The lowest BCUT2D eigenvalue weighted by atomic mass is 10.0. The number of nitrogens with zero attached hydrogens (tertiary/aromatic N) is 2. The highest BCUT2D eigenvalue weighted by Gasteiger charge is 2.33. The van der Waals surface area contributed by atoms with Gasteiger partial charge in [-0.2, -0.15) is 0 Å². The fraction of sp³-hybridized carbons (Fsp3) is 0.357. The average Bonchev–Trinajstić information content (AvgIpc) is 3.36. The first-order valence-corrected chi connectivity index (χ1v) is 12.9. The topological polar surface area (TPSA) is 59.1 Å². The van der Waals surface area contributed by atoms with E-state index >= 15 is 0 Å². The van der Waals surface area contributed by atoms with Gasteiger partial charge in [0.05, 0.1) is 13.2 Å². The molecule has 0 fully saturated rings. The van der Waals surface area contributed by atoms with Crippen LogP contribution in [0.25, 0.3) is 0 Å². The molecule has 0 saturated carbocycles. The largest absolute Gasteiger partial charge is 0.497 e. The van der Waals surface area contributed by atoms with Gasteiger partial charge >= 0.3 is 0 Å². The number of carbonyl (C=O) groups excluding carboxylic acids is 2. The minimum Gasteiger partial charge on any atom is -0.497 e. The molecule has 184 valence electrons. The summed E-state index contributed by atoms with van der Waals surface area (Å²) in [5.41, 5.74) is 2.83. The molecule has 4 rings (SSSR count). The maximum atomic E-state index is 13.6. The van der Waals surface area contributed by atoms with Gasteiger partial charge in [-0.05, 0) is 61.0 Å². The van der Waals surface area contributed by atoms with Crippen LogP contribution in [-0.4, -0.2) is 55.0 Å². The molecule has 2 amide bonds. The van der Waals surface area contributed by atoms with Crippen molar-refractivity contribution in [2.45, 2.75) is 32.7 Å². The molecule has 0 bridgehead atoms. The van der Waals surface area contributed by atoms with E-state index in [4.69, 9.17) is 9.47 Å². The Morgan fingerprint density at radius 1 is 1.11 bits per heavy atom. The molecule has 7 heteroatoms. The number of rotatable bonds is 9. The Kier molecular flexibility index (Phi) is 8.08. The maximum Gasteiger partial charge on any atom is 0.254 e. The van der Waals surface area contributed by atoms with Crippen molar-refractivity contribution >= 4 is 23.2 Å². The summed E-state index contributed by atoms with van der Waals surface area (Å²) in [4.78, 5) is 31.6. The fourth-order valence-corrected chi connectivity index (χ4v) is 5.32. The van der Waals surface area contributed by atoms with Gasteiger partial charge in [0.15, 0.2) is 0 Å². The monoisotopic (exact) mass is 492 g/mol. The summed E-state index contributed by atoms with van der Waals surface area (Å²) >= 11 is 1.72. The second-order valence-electron chi connectivity index (χ2n) is 8.73. The molecule has 0 aliphatic carbocycles. The lowest BCUT2D eigenvalue weighted by molar-refractivity contribution is -0.135. The van der Waals surface area contributed by atoms with Gasteiger partial charge in [-0.25, -0.2) is 0 Å². The molecule has 35 heavy (non-hydrogen) atoms. The molecule has 0 radical (unpaired) electrons. The van der Waals surface area contributed by atoms with Crippen LogP contribution in [0, 0.1) is 6.92 Å². The second-order valence-corrected chi connectivity index (χ2v) is 9.74. The number of aryl methyl sites for hydroxylation is 1. The van der Waals surface area contributed by atoms with Crippen LogP contribution in [0.15, 0.2) is 60.0 Å². The van der Waals surface area contributed by atoms with E-state index in [1.807, 2.05) is 67.3 Å². The molecule has 1 aromatic heterocycles. The zero-order valence-electron chi connectivity index (χ0n) is 20.5. The minimum atomic E-state index is -0.207. The Hall–Kier alpha value is -3.32. The molecule has 0 unspecified atom stereocenters. The van der Waals surface area contributed by atoms with Crippen molar-refractivity contribution in [2.24, 2.45) is 0 Å². The third kappa shape index (κ3) is 5.85. The average molecular weight is 493 g/mol. The number of ether oxygens (including phenoxy) is 2. The SMILES string of the molecule is CCCN(CC(=O)N1CCc2sccc2[C@H]1COc1cccc(OC)c1)C(=O)c1ccc(C)cc1. The zero-order valence-corrected chi connectivity index (χ0v) is 21.3. The number of fused-ring (bicyclic) bond motifs is 1. The summed E-state index contributed by atoms with van der Waals surface area (Å²) < 4.78 is 11.4. The van der Waals surface area contributed by atoms with Gasteiger partial charge in [0, 0.05) is 29.6 Å². The van der Waals surface area contributed by atoms with Gasteiger partial charge < -0.3 is 19.3 Å². The third-order valence-corrected chi connectivity index (χ3v) is 7.27. The molecule has 2 heterocycles. The van der Waals surface area contributed by atoms with Gasteiger partial charge in [0.2, 0.25) is 5.91 Å².